The molecule has 0 bridgehead atoms. The number of nitrogens with zero attached hydrogens (tertiary/aromatic N) is 1. The van der Waals surface area contributed by atoms with Gasteiger partial charge < -0.3 is 10.6 Å². The van der Waals surface area contributed by atoms with Gasteiger partial charge in [0.15, 0.2) is 0 Å². The molecule has 1 heterocycles. The van der Waals surface area contributed by atoms with Gasteiger partial charge in [-0.1, -0.05) is 18.3 Å². The highest BCUT2D eigenvalue weighted by Gasteiger charge is 2.10. The summed E-state index contributed by atoms with van der Waals surface area (Å²) in [6.45, 7) is 3.32. The quantitative estimate of drug-likeness (QED) is 0.761. The fraction of sp³-hybridized carbons (Fsp3) is 0.583. The summed E-state index contributed by atoms with van der Waals surface area (Å²) in [5, 5.41) is 2.13. The van der Waals surface area contributed by atoms with E-state index in [-0.39, 0.29) is 0 Å². The van der Waals surface area contributed by atoms with Crippen LogP contribution < -0.4 is 5.73 Å². The van der Waals surface area contributed by atoms with Crippen molar-refractivity contribution in [2.45, 2.75) is 32.2 Å². The Morgan fingerprint density at radius 1 is 1.62 bits per heavy atom. The van der Waals surface area contributed by atoms with Crippen molar-refractivity contribution >= 4 is 28.5 Å². The van der Waals surface area contributed by atoms with Crippen molar-refractivity contribution in [1.82, 2.24) is 4.90 Å². The Balaban J connectivity index is 2.25. The SMILES string of the molecule is CC(Cc1cccs1)N(C)CCCC(N)=S. The van der Waals surface area contributed by atoms with E-state index in [1.807, 2.05) is 11.3 Å². The average molecular weight is 256 g/mol. The van der Waals surface area contributed by atoms with Crippen LogP contribution in [0.3, 0.4) is 0 Å². The molecule has 1 aromatic rings. The van der Waals surface area contributed by atoms with Crippen LogP contribution in [-0.2, 0) is 6.42 Å². The number of likely N-dealkylation sites (N-methyl/N-ethyl adjacent to an activating group) is 1. The summed E-state index contributed by atoms with van der Waals surface area (Å²) in [7, 11) is 2.16. The number of hydrogen-bond acceptors (Lipinski definition) is 3. The van der Waals surface area contributed by atoms with Gasteiger partial charge in [0.2, 0.25) is 0 Å². The Bertz CT molecular complexity index is 309. The summed E-state index contributed by atoms with van der Waals surface area (Å²) in [6, 6.07) is 4.88. The molecule has 2 N–H and O–H groups in total. The maximum Gasteiger partial charge on any atom is 0.0727 e. The van der Waals surface area contributed by atoms with E-state index in [4.69, 9.17) is 18.0 Å². The van der Waals surface area contributed by atoms with Gasteiger partial charge >= 0.3 is 0 Å². The largest absolute Gasteiger partial charge is 0.393 e. The molecule has 1 unspecified atom stereocenters. The molecule has 0 fully saturated rings. The summed E-state index contributed by atoms with van der Waals surface area (Å²) in [4.78, 5) is 4.45. The lowest BCUT2D eigenvalue weighted by Crippen LogP contribution is -2.32. The van der Waals surface area contributed by atoms with Gasteiger partial charge in [-0.05, 0) is 51.2 Å². The predicted octanol–water partition coefficient (Wildman–Crippen LogP) is 2.68. The van der Waals surface area contributed by atoms with Crippen LogP contribution in [0.5, 0.6) is 0 Å². The molecule has 0 aliphatic heterocycles. The molecule has 0 aliphatic carbocycles. The molecule has 0 saturated heterocycles. The Hall–Kier alpha value is -0.450. The van der Waals surface area contributed by atoms with Crippen molar-refractivity contribution in [3.63, 3.8) is 0 Å². The maximum absolute atomic E-state index is 5.48. The van der Waals surface area contributed by atoms with E-state index in [2.05, 4.69) is 36.4 Å². The van der Waals surface area contributed by atoms with Gasteiger partial charge in [-0.25, -0.2) is 0 Å². The van der Waals surface area contributed by atoms with Crippen molar-refractivity contribution in [3.05, 3.63) is 22.4 Å². The molecule has 0 amide bonds. The standard InChI is InChI=1S/C12H20N2S2/c1-10(9-11-5-4-8-16-11)14(2)7-3-6-12(13)15/h4-5,8,10H,3,6-7,9H2,1-2H3,(H2,13,15). The van der Waals surface area contributed by atoms with E-state index in [0.717, 1.165) is 25.8 Å². The van der Waals surface area contributed by atoms with E-state index in [9.17, 15) is 0 Å². The minimum atomic E-state index is 0.574. The maximum atomic E-state index is 5.48. The first-order valence-corrected chi connectivity index (χ1v) is 6.89. The fourth-order valence-corrected chi connectivity index (χ4v) is 2.57. The van der Waals surface area contributed by atoms with E-state index < -0.39 is 0 Å². The van der Waals surface area contributed by atoms with Gasteiger partial charge in [-0.3, -0.25) is 0 Å². The molecular weight excluding hydrogens is 236 g/mol. The summed E-state index contributed by atoms with van der Waals surface area (Å²) in [6.07, 6.45) is 3.03. The van der Waals surface area contributed by atoms with Crippen LogP contribution in [0.15, 0.2) is 17.5 Å². The minimum Gasteiger partial charge on any atom is -0.393 e. The zero-order valence-electron chi connectivity index (χ0n) is 9.98. The van der Waals surface area contributed by atoms with Gasteiger partial charge in [0.25, 0.3) is 0 Å². The second-order valence-electron chi connectivity index (χ2n) is 4.18. The molecular formula is C12H20N2S2. The van der Waals surface area contributed by atoms with Gasteiger partial charge in [-0.2, -0.15) is 0 Å². The van der Waals surface area contributed by atoms with Crippen molar-refractivity contribution < 1.29 is 0 Å². The molecule has 90 valence electrons. The monoisotopic (exact) mass is 256 g/mol. The molecule has 0 radical (unpaired) electrons. The van der Waals surface area contributed by atoms with E-state index in [1.165, 1.54) is 4.88 Å². The molecule has 0 spiro atoms. The highest BCUT2D eigenvalue weighted by Crippen LogP contribution is 2.13. The zero-order valence-corrected chi connectivity index (χ0v) is 11.6. The molecule has 4 heteroatoms. The summed E-state index contributed by atoms with van der Waals surface area (Å²) in [5.74, 6) is 0. The van der Waals surface area contributed by atoms with Gasteiger partial charge in [0.05, 0.1) is 4.99 Å². The van der Waals surface area contributed by atoms with Crippen molar-refractivity contribution in [1.29, 1.82) is 0 Å². The third-order valence-electron chi connectivity index (χ3n) is 2.76. The molecule has 1 rings (SSSR count). The number of hydrogen-bond donors (Lipinski definition) is 1. The Kier molecular flexibility index (Phi) is 5.95. The molecule has 0 aromatic carbocycles. The number of rotatable bonds is 7. The highest BCUT2D eigenvalue weighted by atomic mass is 32.1. The minimum absolute atomic E-state index is 0.574. The Morgan fingerprint density at radius 2 is 2.38 bits per heavy atom. The van der Waals surface area contributed by atoms with Crippen LogP contribution >= 0.6 is 23.6 Å². The third-order valence-corrected chi connectivity index (χ3v) is 3.87. The highest BCUT2D eigenvalue weighted by molar-refractivity contribution is 7.80. The number of nitrogens with two attached hydrogens (primary N) is 1. The first-order valence-electron chi connectivity index (χ1n) is 5.60. The third kappa shape index (κ3) is 5.05. The molecule has 2 nitrogen and oxygen atoms in total. The van der Waals surface area contributed by atoms with Crippen LogP contribution in [0.1, 0.15) is 24.6 Å². The Labute approximate surface area is 107 Å². The number of thiocarbonyl (C=S) groups is 1. The first-order chi connectivity index (χ1) is 7.59. The predicted molar refractivity (Wildman–Crippen MR) is 76.1 cm³/mol. The van der Waals surface area contributed by atoms with E-state index in [1.54, 1.807) is 0 Å². The lowest BCUT2D eigenvalue weighted by molar-refractivity contribution is 0.256. The van der Waals surface area contributed by atoms with Crippen molar-refractivity contribution in [2.24, 2.45) is 5.73 Å². The topological polar surface area (TPSA) is 29.3 Å². The summed E-state index contributed by atoms with van der Waals surface area (Å²) >= 11 is 6.70. The van der Waals surface area contributed by atoms with Crippen LogP contribution in [0.25, 0.3) is 0 Å². The lowest BCUT2D eigenvalue weighted by Gasteiger charge is -2.24. The number of thiophene rings is 1. The second kappa shape index (κ2) is 6.99. The average Bonchev–Trinajstić information content (AvgIpc) is 2.69. The normalized spacial score (nSPS) is 12.9. The summed E-state index contributed by atoms with van der Waals surface area (Å²) in [5.41, 5.74) is 5.48. The van der Waals surface area contributed by atoms with Gasteiger partial charge in [0, 0.05) is 10.9 Å². The van der Waals surface area contributed by atoms with Crippen LogP contribution in [0, 0.1) is 0 Å². The van der Waals surface area contributed by atoms with Crippen LogP contribution in [0.2, 0.25) is 0 Å². The van der Waals surface area contributed by atoms with Crippen molar-refractivity contribution in [3.8, 4) is 0 Å². The van der Waals surface area contributed by atoms with E-state index in [0.29, 0.717) is 11.0 Å². The molecule has 16 heavy (non-hydrogen) atoms. The van der Waals surface area contributed by atoms with E-state index >= 15 is 0 Å². The van der Waals surface area contributed by atoms with Crippen molar-refractivity contribution in [2.75, 3.05) is 13.6 Å². The van der Waals surface area contributed by atoms with Crippen LogP contribution in [-0.4, -0.2) is 29.5 Å². The van der Waals surface area contributed by atoms with Gasteiger partial charge in [0.1, 0.15) is 0 Å². The zero-order chi connectivity index (χ0) is 12.0. The molecule has 1 atom stereocenters. The van der Waals surface area contributed by atoms with Gasteiger partial charge in [-0.15, -0.1) is 11.3 Å². The molecule has 0 saturated carbocycles. The fourth-order valence-electron chi connectivity index (χ4n) is 1.60. The lowest BCUT2D eigenvalue weighted by atomic mass is 10.1. The van der Waals surface area contributed by atoms with Crippen LogP contribution in [0.4, 0.5) is 0 Å². The Morgan fingerprint density at radius 3 is 2.94 bits per heavy atom. The second-order valence-corrected chi connectivity index (χ2v) is 5.74. The molecule has 1 aromatic heterocycles. The first kappa shape index (κ1) is 13.6. The summed E-state index contributed by atoms with van der Waals surface area (Å²) < 4.78 is 0. The molecule has 0 aliphatic rings. The smallest absolute Gasteiger partial charge is 0.0727 e.